The molecule has 1 heterocycles. The second-order valence-corrected chi connectivity index (χ2v) is 6.99. The molecule has 6 heteroatoms. The third-order valence-corrected chi connectivity index (χ3v) is 5.06. The monoisotopic (exact) mass is 380 g/mol. The molecule has 1 aliphatic rings. The predicted octanol–water partition coefficient (Wildman–Crippen LogP) is 1.93. The van der Waals surface area contributed by atoms with Crippen LogP contribution >= 0.6 is 0 Å². The minimum atomic E-state index is -0.678. The summed E-state index contributed by atoms with van der Waals surface area (Å²) in [5, 5.41) is 2.82. The fourth-order valence-corrected chi connectivity index (χ4v) is 3.38. The molecule has 1 atom stereocenters. The van der Waals surface area contributed by atoms with Gasteiger partial charge in [0.2, 0.25) is 11.8 Å². The average Bonchev–Trinajstić information content (AvgIpc) is 2.77. The maximum Gasteiger partial charge on any atom is 0.241 e. The minimum absolute atomic E-state index is 0.148. The van der Waals surface area contributed by atoms with Crippen molar-refractivity contribution >= 4 is 17.5 Å². The van der Waals surface area contributed by atoms with Crippen LogP contribution < -0.4 is 16.0 Å². The zero-order valence-electron chi connectivity index (χ0n) is 16.1. The number of amides is 2. The van der Waals surface area contributed by atoms with E-state index >= 15 is 0 Å². The lowest BCUT2D eigenvalue weighted by atomic mass is 10.1. The summed E-state index contributed by atoms with van der Waals surface area (Å²) in [7, 11) is 0. The number of benzene rings is 2. The SMILES string of the molecule is NC(C(=O)NCCCC(=O)N1CCN(c2ccccc2)CC1)c1ccccc1. The second-order valence-electron chi connectivity index (χ2n) is 6.99. The summed E-state index contributed by atoms with van der Waals surface area (Å²) in [6.07, 6.45) is 1.05. The van der Waals surface area contributed by atoms with Gasteiger partial charge >= 0.3 is 0 Å². The highest BCUT2D eigenvalue weighted by Gasteiger charge is 2.21. The summed E-state index contributed by atoms with van der Waals surface area (Å²) in [6, 6.07) is 18.9. The lowest BCUT2D eigenvalue weighted by Crippen LogP contribution is -2.48. The molecule has 1 fully saturated rings. The van der Waals surface area contributed by atoms with Gasteiger partial charge in [0.25, 0.3) is 0 Å². The number of nitrogens with one attached hydrogen (secondary N) is 1. The zero-order valence-corrected chi connectivity index (χ0v) is 16.1. The molecule has 0 aliphatic carbocycles. The maximum atomic E-state index is 12.4. The Balaban J connectivity index is 1.34. The first-order chi connectivity index (χ1) is 13.6. The Bertz CT molecular complexity index is 759. The van der Waals surface area contributed by atoms with Crippen LogP contribution in [0.2, 0.25) is 0 Å². The first-order valence-electron chi connectivity index (χ1n) is 9.81. The molecular weight excluding hydrogens is 352 g/mol. The van der Waals surface area contributed by atoms with E-state index in [4.69, 9.17) is 5.73 Å². The van der Waals surface area contributed by atoms with E-state index in [0.717, 1.165) is 31.7 Å². The molecule has 1 saturated heterocycles. The van der Waals surface area contributed by atoms with Crippen LogP contribution in [-0.2, 0) is 9.59 Å². The van der Waals surface area contributed by atoms with Gasteiger partial charge < -0.3 is 20.9 Å². The van der Waals surface area contributed by atoms with Crippen molar-refractivity contribution < 1.29 is 9.59 Å². The van der Waals surface area contributed by atoms with Crippen molar-refractivity contribution in [1.29, 1.82) is 0 Å². The average molecular weight is 380 g/mol. The topological polar surface area (TPSA) is 78.7 Å². The molecule has 0 aromatic heterocycles. The van der Waals surface area contributed by atoms with E-state index < -0.39 is 6.04 Å². The van der Waals surface area contributed by atoms with Crippen LogP contribution in [0.15, 0.2) is 60.7 Å². The minimum Gasteiger partial charge on any atom is -0.368 e. The van der Waals surface area contributed by atoms with Gasteiger partial charge in [-0.15, -0.1) is 0 Å². The molecule has 6 nitrogen and oxygen atoms in total. The van der Waals surface area contributed by atoms with Gasteiger partial charge in [-0.3, -0.25) is 9.59 Å². The van der Waals surface area contributed by atoms with Crippen LogP contribution in [0, 0.1) is 0 Å². The van der Waals surface area contributed by atoms with Crippen molar-refractivity contribution in [2.45, 2.75) is 18.9 Å². The van der Waals surface area contributed by atoms with Crippen LogP contribution in [0.25, 0.3) is 0 Å². The molecule has 3 N–H and O–H groups in total. The van der Waals surface area contributed by atoms with Crippen molar-refractivity contribution in [2.24, 2.45) is 5.73 Å². The number of hydrogen-bond acceptors (Lipinski definition) is 4. The standard InChI is InChI=1S/C22H28N4O2/c23-21(18-8-3-1-4-9-18)22(28)24-13-7-12-20(27)26-16-14-25(15-17-26)19-10-5-2-6-11-19/h1-6,8-11,21H,7,12-17,23H2,(H,24,28). The van der Waals surface area contributed by atoms with E-state index in [0.29, 0.717) is 19.4 Å². The normalized spacial score (nSPS) is 15.2. The highest BCUT2D eigenvalue weighted by atomic mass is 16.2. The smallest absolute Gasteiger partial charge is 0.241 e. The number of anilines is 1. The van der Waals surface area contributed by atoms with Gasteiger partial charge in [0.1, 0.15) is 6.04 Å². The fourth-order valence-electron chi connectivity index (χ4n) is 3.38. The molecule has 1 unspecified atom stereocenters. The summed E-state index contributed by atoms with van der Waals surface area (Å²) in [5.41, 5.74) is 7.95. The molecule has 0 bridgehead atoms. The van der Waals surface area contributed by atoms with Gasteiger partial charge in [-0.25, -0.2) is 0 Å². The predicted molar refractivity (Wildman–Crippen MR) is 111 cm³/mol. The molecule has 2 amide bonds. The quantitative estimate of drug-likeness (QED) is 0.720. The molecule has 3 rings (SSSR count). The third-order valence-electron chi connectivity index (χ3n) is 5.06. The Kier molecular flexibility index (Phi) is 7.03. The number of hydrogen-bond donors (Lipinski definition) is 2. The van der Waals surface area contributed by atoms with Crippen LogP contribution in [-0.4, -0.2) is 49.4 Å². The molecule has 2 aromatic rings. The Morgan fingerprint density at radius 2 is 1.54 bits per heavy atom. The van der Waals surface area contributed by atoms with Crippen LogP contribution in [0.4, 0.5) is 5.69 Å². The Morgan fingerprint density at radius 3 is 2.18 bits per heavy atom. The summed E-state index contributed by atoms with van der Waals surface area (Å²) in [5.74, 6) is -0.0653. The van der Waals surface area contributed by atoms with E-state index in [1.54, 1.807) is 0 Å². The summed E-state index contributed by atoms with van der Waals surface area (Å²) < 4.78 is 0. The molecule has 2 aromatic carbocycles. The third kappa shape index (κ3) is 5.33. The number of nitrogens with two attached hydrogens (primary N) is 1. The van der Waals surface area contributed by atoms with Gasteiger partial charge in [-0.05, 0) is 24.1 Å². The lowest BCUT2D eigenvalue weighted by Gasteiger charge is -2.36. The number of carbonyl (C=O) groups excluding carboxylic acids is 2. The van der Waals surface area contributed by atoms with Gasteiger partial charge in [0, 0.05) is 44.8 Å². The molecule has 148 valence electrons. The molecule has 28 heavy (non-hydrogen) atoms. The van der Waals surface area contributed by atoms with E-state index in [-0.39, 0.29) is 11.8 Å². The van der Waals surface area contributed by atoms with Crippen molar-refractivity contribution in [3.05, 3.63) is 66.2 Å². The summed E-state index contributed by atoms with van der Waals surface area (Å²) in [4.78, 5) is 28.7. The van der Waals surface area contributed by atoms with Gasteiger partial charge in [-0.2, -0.15) is 0 Å². The van der Waals surface area contributed by atoms with Gasteiger partial charge in [-0.1, -0.05) is 48.5 Å². The van der Waals surface area contributed by atoms with E-state index in [9.17, 15) is 9.59 Å². The molecular formula is C22H28N4O2. The fraction of sp³-hybridized carbons (Fsp3) is 0.364. The number of piperazine rings is 1. The van der Waals surface area contributed by atoms with Crippen molar-refractivity contribution in [2.75, 3.05) is 37.6 Å². The van der Waals surface area contributed by atoms with Crippen molar-refractivity contribution in [3.63, 3.8) is 0 Å². The van der Waals surface area contributed by atoms with Crippen LogP contribution in [0.1, 0.15) is 24.4 Å². The Labute approximate surface area is 166 Å². The van der Waals surface area contributed by atoms with E-state index in [2.05, 4.69) is 22.3 Å². The second kappa shape index (κ2) is 9.90. The summed E-state index contributed by atoms with van der Waals surface area (Å²) >= 11 is 0. The highest BCUT2D eigenvalue weighted by Crippen LogP contribution is 2.16. The first-order valence-corrected chi connectivity index (χ1v) is 9.81. The molecule has 1 aliphatic heterocycles. The van der Waals surface area contributed by atoms with Crippen LogP contribution in [0.3, 0.4) is 0 Å². The van der Waals surface area contributed by atoms with Gasteiger partial charge in [0.15, 0.2) is 0 Å². The highest BCUT2D eigenvalue weighted by molar-refractivity contribution is 5.83. The first kappa shape index (κ1) is 19.9. The van der Waals surface area contributed by atoms with E-state index in [1.807, 2.05) is 53.4 Å². The number of nitrogens with zero attached hydrogens (tertiary/aromatic N) is 2. The zero-order chi connectivity index (χ0) is 19.8. The van der Waals surface area contributed by atoms with Crippen molar-refractivity contribution in [3.8, 4) is 0 Å². The Hall–Kier alpha value is -2.86. The number of carbonyl (C=O) groups is 2. The maximum absolute atomic E-state index is 12.4. The number of para-hydroxylation sites is 1. The van der Waals surface area contributed by atoms with Crippen LogP contribution in [0.5, 0.6) is 0 Å². The molecule has 0 saturated carbocycles. The van der Waals surface area contributed by atoms with Crippen molar-refractivity contribution in [1.82, 2.24) is 10.2 Å². The molecule has 0 spiro atoms. The lowest BCUT2D eigenvalue weighted by molar-refractivity contribution is -0.131. The summed E-state index contributed by atoms with van der Waals surface area (Å²) in [6.45, 7) is 3.61. The number of rotatable bonds is 7. The van der Waals surface area contributed by atoms with E-state index in [1.165, 1.54) is 5.69 Å². The molecule has 0 radical (unpaired) electrons. The largest absolute Gasteiger partial charge is 0.368 e. The van der Waals surface area contributed by atoms with Gasteiger partial charge in [0.05, 0.1) is 0 Å². The Morgan fingerprint density at radius 1 is 0.929 bits per heavy atom.